The molecule has 5 nitrogen and oxygen atoms in total. The number of hydrogen-bond acceptors (Lipinski definition) is 6. The van der Waals surface area contributed by atoms with Crippen LogP contribution in [0.4, 0.5) is 5.13 Å². The van der Waals surface area contributed by atoms with E-state index in [1.807, 2.05) is 0 Å². The van der Waals surface area contributed by atoms with E-state index >= 15 is 0 Å². The number of aliphatic hydroxyl groups excluding tert-OH is 1. The zero-order valence-corrected chi connectivity index (χ0v) is 13.9. The lowest BCUT2D eigenvalue weighted by atomic mass is 10.1. The highest BCUT2D eigenvalue weighted by atomic mass is 32.1. The van der Waals surface area contributed by atoms with Crippen molar-refractivity contribution in [3.63, 3.8) is 0 Å². The third kappa shape index (κ3) is 4.41. The molecular formula is C14H26N2O3S. The topological polar surface area (TPSA) is 54.8 Å². The van der Waals surface area contributed by atoms with Crippen molar-refractivity contribution >= 4 is 16.5 Å². The molecule has 0 amide bonds. The summed E-state index contributed by atoms with van der Waals surface area (Å²) in [4.78, 5) is 7.84. The van der Waals surface area contributed by atoms with E-state index in [0.717, 1.165) is 22.2 Å². The first-order valence-corrected chi connectivity index (χ1v) is 7.71. The Hall–Kier alpha value is -0.690. The van der Waals surface area contributed by atoms with E-state index in [-0.39, 0.29) is 12.6 Å². The fourth-order valence-electron chi connectivity index (χ4n) is 2.06. The van der Waals surface area contributed by atoms with Crippen LogP contribution in [0.25, 0.3) is 0 Å². The molecular weight excluding hydrogens is 276 g/mol. The molecule has 0 saturated carbocycles. The van der Waals surface area contributed by atoms with Crippen LogP contribution in [0.2, 0.25) is 0 Å². The van der Waals surface area contributed by atoms with Crippen LogP contribution in [-0.4, -0.2) is 50.1 Å². The molecule has 0 spiro atoms. The number of aromatic nitrogens is 1. The predicted octanol–water partition coefficient (Wildman–Crippen LogP) is 2.25. The van der Waals surface area contributed by atoms with Crippen LogP contribution < -0.4 is 4.90 Å². The molecule has 0 aromatic carbocycles. The molecule has 116 valence electrons. The quantitative estimate of drug-likeness (QED) is 0.758. The van der Waals surface area contributed by atoms with Crippen molar-refractivity contribution in [3.8, 4) is 0 Å². The average molecular weight is 302 g/mol. The molecule has 0 aliphatic heterocycles. The van der Waals surface area contributed by atoms with E-state index < -0.39 is 0 Å². The maximum absolute atomic E-state index is 9.48. The summed E-state index contributed by atoms with van der Waals surface area (Å²) in [6.07, 6.45) is 0. The number of aliphatic hydroxyl groups is 1. The summed E-state index contributed by atoms with van der Waals surface area (Å²) in [5, 5.41) is 10.4. The first-order chi connectivity index (χ1) is 9.54. The zero-order valence-electron chi connectivity index (χ0n) is 13.0. The average Bonchev–Trinajstić information content (AvgIpc) is 2.83. The van der Waals surface area contributed by atoms with Gasteiger partial charge in [0.2, 0.25) is 0 Å². The Bertz CT molecular complexity index is 396. The third-order valence-electron chi connectivity index (χ3n) is 3.13. The van der Waals surface area contributed by atoms with Crippen molar-refractivity contribution < 1.29 is 14.6 Å². The van der Waals surface area contributed by atoms with Crippen molar-refractivity contribution in [1.82, 2.24) is 4.98 Å². The number of anilines is 1. The van der Waals surface area contributed by atoms with E-state index in [0.29, 0.717) is 19.1 Å². The lowest BCUT2D eigenvalue weighted by Gasteiger charge is -2.28. The highest BCUT2D eigenvalue weighted by Gasteiger charge is 2.21. The predicted molar refractivity (Wildman–Crippen MR) is 82.7 cm³/mol. The Kier molecular flexibility index (Phi) is 7.43. The standard InChI is InChI=1S/C14H26N2O3S/c1-10(2)13-12(8-17)20-14(15-13)16(6-7-18-4)11(3)9-19-5/h10-11,17H,6-9H2,1-5H3. The first kappa shape index (κ1) is 17.4. The molecule has 0 aliphatic carbocycles. The number of methoxy groups -OCH3 is 2. The van der Waals surface area contributed by atoms with Crippen molar-refractivity contribution in [2.45, 2.75) is 39.3 Å². The second-order valence-corrected chi connectivity index (χ2v) is 6.17. The molecule has 1 atom stereocenters. The van der Waals surface area contributed by atoms with Crippen molar-refractivity contribution in [1.29, 1.82) is 0 Å². The van der Waals surface area contributed by atoms with Gasteiger partial charge in [-0.25, -0.2) is 4.98 Å². The van der Waals surface area contributed by atoms with Gasteiger partial charge in [0, 0.05) is 20.8 Å². The molecule has 1 N–H and O–H groups in total. The molecule has 1 heterocycles. The fraction of sp³-hybridized carbons (Fsp3) is 0.786. The molecule has 0 radical (unpaired) electrons. The molecule has 6 heteroatoms. The lowest BCUT2D eigenvalue weighted by Crippen LogP contribution is -2.38. The molecule has 20 heavy (non-hydrogen) atoms. The maximum Gasteiger partial charge on any atom is 0.186 e. The Morgan fingerprint density at radius 2 is 1.95 bits per heavy atom. The van der Waals surface area contributed by atoms with Gasteiger partial charge in [0.15, 0.2) is 5.13 Å². The molecule has 1 unspecified atom stereocenters. The van der Waals surface area contributed by atoms with Crippen molar-refractivity contribution in [3.05, 3.63) is 10.6 Å². The van der Waals surface area contributed by atoms with Crippen LogP contribution in [0.5, 0.6) is 0 Å². The fourth-order valence-corrected chi connectivity index (χ4v) is 3.27. The number of nitrogens with zero attached hydrogens (tertiary/aromatic N) is 2. The summed E-state index contributed by atoms with van der Waals surface area (Å²) >= 11 is 1.55. The van der Waals surface area contributed by atoms with Gasteiger partial charge < -0.3 is 19.5 Å². The van der Waals surface area contributed by atoms with Crippen molar-refractivity contribution in [2.24, 2.45) is 0 Å². The van der Waals surface area contributed by atoms with Crippen molar-refractivity contribution in [2.75, 3.05) is 38.9 Å². The van der Waals surface area contributed by atoms with E-state index in [9.17, 15) is 5.11 Å². The number of rotatable bonds is 9. The summed E-state index contributed by atoms with van der Waals surface area (Å²) in [5.74, 6) is 0.309. The SMILES string of the molecule is COCCN(c1nc(C(C)C)c(CO)s1)C(C)COC. The van der Waals surface area contributed by atoms with Gasteiger partial charge in [-0.2, -0.15) is 0 Å². The molecule has 1 aromatic rings. The second kappa shape index (κ2) is 8.56. The van der Waals surface area contributed by atoms with Gasteiger partial charge in [0.1, 0.15) is 0 Å². The Morgan fingerprint density at radius 3 is 2.40 bits per heavy atom. The van der Waals surface area contributed by atoms with E-state index in [4.69, 9.17) is 14.5 Å². The highest BCUT2D eigenvalue weighted by Crippen LogP contribution is 2.31. The van der Waals surface area contributed by atoms with Crippen LogP contribution >= 0.6 is 11.3 Å². The number of thiazole rings is 1. The lowest BCUT2D eigenvalue weighted by molar-refractivity contribution is 0.171. The van der Waals surface area contributed by atoms with Crippen LogP contribution in [0, 0.1) is 0 Å². The molecule has 0 saturated heterocycles. The summed E-state index contributed by atoms with van der Waals surface area (Å²) in [6, 6.07) is 0.216. The molecule has 0 fully saturated rings. The van der Waals surface area contributed by atoms with Crippen LogP contribution in [0.1, 0.15) is 37.3 Å². The summed E-state index contributed by atoms with van der Waals surface area (Å²) < 4.78 is 10.4. The molecule has 0 bridgehead atoms. The van der Waals surface area contributed by atoms with Gasteiger partial charge in [-0.05, 0) is 12.8 Å². The molecule has 0 aliphatic rings. The Morgan fingerprint density at radius 1 is 1.25 bits per heavy atom. The van der Waals surface area contributed by atoms with Gasteiger partial charge in [0.25, 0.3) is 0 Å². The van der Waals surface area contributed by atoms with Crippen LogP contribution in [0.3, 0.4) is 0 Å². The minimum Gasteiger partial charge on any atom is -0.391 e. The van der Waals surface area contributed by atoms with E-state index in [1.54, 1.807) is 25.6 Å². The highest BCUT2D eigenvalue weighted by molar-refractivity contribution is 7.15. The number of ether oxygens (including phenoxy) is 2. The first-order valence-electron chi connectivity index (χ1n) is 6.90. The van der Waals surface area contributed by atoms with Gasteiger partial charge >= 0.3 is 0 Å². The van der Waals surface area contributed by atoms with E-state index in [2.05, 4.69) is 25.7 Å². The molecule has 1 aromatic heterocycles. The summed E-state index contributed by atoms with van der Waals surface area (Å²) in [7, 11) is 3.39. The maximum atomic E-state index is 9.48. The Labute approximate surface area is 125 Å². The van der Waals surface area contributed by atoms with Gasteiger partial charge in [-0.1, -0.05) is 25.2 Å². The van der Waals surface area contributed by atoms with Gasteiger partial charge in [-0.15, -0.1) is 0 Å². The largest absolute Gasteiger partial charge is 0.391 e. The normalized spacial score (nSPS) is 12.9. The smallest absolute Gasteiger partial charge is 0.186 e. The molecule has 1 rings (SSSR count). The van der Waals surface area contributed by atoms with Crippen LogP contribution in [-0.2, 0) is 16.1 Å². The number of hydrogen-bond donors (Lipinski definition) is 1. The summed E-state index contributed by atoms with van der Waals surface area (Å²) in [5.41, 5.74) is 0.986. The third-order valence-corrected chi connectivity index (χ3v) is 4.22. The second-order valence-electron chi connectivity index (χ2n) is 5.11. The zero-order chi connectivity index (χ0) is 15.1. The van der Waals surface area contributed by atoms with E-state index in [1.165, 1.54) is 0 Å². The van der Waals surface area contributed by atoms with Gasteiger partial charge in [0.05, 0.1) is 36.4 Å². The monoisotopic (exact) mass is 302 g/mol. The Balaban J connectivity index is 3.00. The van der Waals surface area contributed by atoms with Gasteiger partial charge in [-0.3, -0.25) is 0 Å². The minimum atomic E-state index is 0.0436. The van der Waals surface area contributed by atoms with Crippen LogP contribution in [0.15, 0.2) is 0 Å². The minimum absolute atomic E-state index is 0.0436. The summed E-state index contributed by atoms with van der Waals surface area (Å²) in [6.45, 7) is 8.37.